The molecule has 1 amide bonds. The van der Waals surface area contributed by atoms with E-state index in [1.807, 2.05) is 42.5 Å². The predicted molar refractivity (Wildman–Crippen MR) is 101 cm³/mol. The lowest BCUT2D eigenvalue weighted by Gasteiger charge is -2.07. The van der Waals surface area contributed by atoms with E-state index in [1.54, 1.807) is 18.2 Å². The number of amides is 1. The number of carbonyl (C=O) groups excluding carboxylic acids is 1. The van der Waals surface area contributed by atoms with Crippen LogP contribution in [0, 0.1) is 0 Å². The highest BCUT2D eigenvalue weighted by Crippen LogP contribution is 2.23. The van der Waals surface area contributed by atoms with Crippen molar-refractivity contribution in [1.82, 2.24) is 0 Å². The van der Waals surface area contributed by atoms with Crippen LogP contribution in [0.2, 0.25) is 10.0 Å². The van der Waals surface area contributed by atoms with Crippen molar-refractivity contribution in [3.63, 3.8) is 0 Å². The van der Waals surface area contributed by atoms with Crippen LogP contribution in [-0.4, -0.2) is 5.91 Å². The molecule has 3 aromatic rings. The van der Waals surface area contributed by atoms with Crippen LogP contribution in [0.3, 0.4) is 0 Å². The minimum atomic E-state index is -0.0964. The molecule has 0 atom stereocenters. The molecule has 0 aromatic heterocycles. The van der Waals surface area contributed by atoms with E-state index in [2.05, 4.69) is 17.4 Å². The van der Waals surface area contributed by atoms with E-state index in [0.717, 1.165) is 22.4 Å². The topological polar surface area (TPSA) is 29.1 Å². The molecular weight excluding hydrogens is 341 g/mol. The Balaban J connectivity index is 1.65. The van der Waals surface area contributed by atoms with Gasteiger partial charge in [-0.25, -0.2) is 0 Å². The summed E-state index contributed by atoms with van der Waals surface area (Å²) >= 11 is 11.8. The minimum Gasteiger partial charge on any atom is -0.326 e. The van der Waals surface area contributed by atoms with E-state index in [0.29, 0.717) is 10.0 Å². The molecule has 0 spiro atoms. The second-order valence-corrected chi connectivity index (χ2v) is 6.23. The second-order valence-electron chi connectivity index (χ2n) is 5.42. The summed E-state index contributed by atoms with van der Waals surface area (Å²) in [6.45, 7) is 0. The molecule has 0 heterocycles. The van der Waals surface area contributed by atoms with Crippen molar-refractivity contribution < 1.29 is 4.79 Å². The molecular formula is C20H15Cl2NO. The number of nitrogens with one attached hydrogen (secondary N) is 1. The highest BCUT2D eigenvalue weighted by Gasteiger charge is 2.06. The average molecular weight is 356 g/mol. The fraction of sp³-hybridized carbons (Fsp3) is 0.0500. The molecule has 0 fully saturated rings. The van der Waals surface area contributed by atoms with Crippen molar-refractivity contribution in [2.75, 3.05) is 5.32 Å². The van der Waals surface area contributed by atoms with Gasteiger partial charge in [-0.1, -0.05) is 71.7 Å². The summed E-state index contributed by atoms with van der Waals surface area (Å²) in [5.74, 6) is -0.0964. The second kappa shape index (κ2) is 7.52. The summed E-state index contributed by atoms with van der Waals surface area (Å²) in [5.41, 5.74) is 3.84. The summed E-state index contributed by atoms with van der Waals surface area (Å²) in [6.07, 6.45) is 0.247. The molecule has 0 unspecified atom stereocenters. The number of hydrogen-bond acceptors (Lipinski definition) is 1. The Bertz CT molecular complexity index is 845. The number of carbonyl (C=O) groups is 1. The Hall–Kier alpha value is -2.29. The molecule has 0 saturated carbocycles. The van der Waals surface area contributed by atoms with Gasteiger partial charge >= 0.3 is 0 Å². The van der Waals surface area contributed by atoms with Gasteiger partial charge in [-0.3, -0.25) is 4.79 Å². The smallest absolute Gasteiger partial charge is 0.228 e. The Morgan fingerprint density at radius 1 is 0.792 bits per heavy atom. The van der Waals surface area contributed by atoms with Crippen molar-refractivity contribution in [1.29, 1.82) is 0 Å². The summed E-state index contributed by atoms with van der Waals surface area (Å²) in [4.78, 5) is 12.1. The molecule has 1 N–H and O–H groups in total. The zero-order valence-electron chi connectivity index (χ0n) is 12.8. The lowest BCUT2D eigenvalue weighted by Crippen LogP contribution is -2.14. The molecule has 0 aliphatic heterocycles. The van der Waals surface area contributed by atoms with Gasteiger partial charge in [-0.05, 0) is 41.0 Å². The van der Waals surface area contributed by atoms with Crippen molar-refractivity contribution in [2.45, 2.75) is 6.42 Å². The van der Waals surface area contributed by atoms with Gasteiger partial charge in [0, 0.05) is 5.69 Å². The SMILES string of the molecule is O=C(Cc1ccc(Cl)c(Cl)c1)Nc1ccc(-c2ccccc2)cc1. The van der Waals surface area contributed by atoms with Crippen LogP contribution in [0.25, 0.3) is 11.1 Å². The maximum absolute atomic E-state index is 12.1. The Kier molecular flexibility index (Phi) is 5.19. The maximum Gasteiger partial charge on any atom is 0.228 e. The maximum atomic E-state index is 12.1. The van der Waals surface area contributed by atoms with E-state index in [9.17, 15) is 4.79 Å². The van der Waals surface area contributed by atoms with Crippen molar-refractivity contribution in [3.05, 3.63) is 88.4 Å². The third-order valence-corrected chi connectivity index (χ3v) is 4.36. The molecule has 3 rings (SSSR count). The molecule has 0 aliphatic rings. The normalized spacial score (nSPS) is 10.4. The predicted octanol–water partition coefficient (Wildman–Crippen LogP) is 5.84. The van der Waals surface area contributed by atoms with E-state index < -0.39 is 0 Å². The van der Waals surface area contributed by atoms with Crippen LogP contribution in [0.1, 0.15) is 5.56 Å². The quantitative estimate of drug-likeness (QED) is 0.625. The van der Waals surface area contributed by atoms with Gasteiger partial charge < -0.3 is 5.32 Å². The van der Waals surface area contributed by atoms with Crippen molar-refractivity contribution in [3.8, 4) is 11.1 Å². The number of halogens is 2. The monoisotopic (exact) mass is 355 g/mol. The van der Waals surface area contributed by atoms with Crippen molar-refractivity contribution in [2.24, 2.45) is 0 Å². The molecule has 24 heavy (non-hydrogen) atoms. The van der Waals surface area contributed by atoms with Gasteiger partial charge in [0.1, 0.15) is 0 Å². The van der Waals surface area contributed by atoms with Gasteiger partial charge in [0.05, 0.1) is 16.5 Å². The first-order chi connectivity index (χ1) is 11.6. The van der Waals surface area contributed by atoms with Crippen LogP contribution in [0.15, 0.2) is 72.8 Å². The van der Waals surface area contributed by atoms with Gasteiger partial charge in [0.2, 0.25) is 5.91 Å². The van der Waals surface area contributed by atoms with Gasteiger partial charge in [0.25, 0.3) is 0 Å². The van der Waals surface area contributed by atoms with Crippen LogP contribution in [0.5, 0.6) is 0 Å². The summed E-state index contributed by atoms with van der Waals surface area (Å²) in [7, 11) is 0. The van der Waals surface area contributed by atoms with Crippen LogP contribution in [0.4, 0.5) is 5.69 Å². The Morgan fingerprint density at radius 3 is 2.12 bits per heavy atom. The fourth-order valence-corrected chi connectivity index (χ4v) is 2.74. The number of rotatable bonds is 4. The average Bonchev–Trinajstić information content (AvgIpc) is 2.59. The lowest BCUT2D eigenvalue weighted by atomic mass is 10.1. The standard InChI is InChI=1S/C20H15Cl2NO/c21-18-11-6-14(12-19(18)22)13-20(24)23-17-9-7-16(8-10-17)15-4-2-1-3-5-15/h1-12H,13H2,(H,23,24). The summed E-state index contributed by atoms with van der Waals surface area (Å²) in [6, 6.07) is 23.1. The van der Waals surface area contributed by atoms with Crippen molar-refractivity contribution >= 4 is 34.8 Å². The zero-order chi connectivity index (χ0) is 16.9. The third-order valence-electron chi connectivity index (χ3n) is 3.62. The number of anilines is 1. The van der Waals surface area contributed by atoms with E-state index in [4.69, 9.17) is 23.2 Å². The van der Waals surface area contributed by atoms with E-state index in [-0.39, 0.29) is 12.3 Å². The first-order valence-electron chi connectivity index (χ1n) is 7.51. The summed E-state index contributed by atoms with van der Waals surface area (Å²) < 4.78 is 0. The molecule has 4 heteroatoms. The van der Waals surface area contributed by atoms with Gasteiger partial charge in [-0.15, -0.1) is 0 Å². The molecule has 3 aromatic carbocycles. The number of benzene rings is 3. The largest absolute Gasteiger partial charge is 0.326 e. The fourth-order valence-electron chi connectivity index (χ4n) is 2.42. The molecule has 0 bridgehead atoms. The van der Waals surface area contributed by atoms with E-state index >= 15 is 0 Å². The molecule has 0 aliphatic carbocycles. The molecule has 120 valence electrons. The first-order valence-corrected chi connectivity index (χ1v) is 8.27. The molecule has 0 saturated heterocycles. The highest BCUT2D eigenvalue weighted by atomic mass is 35.5. The Labute approximate surface area is 151 Å². The summed E-state index contributed by atoms with van der Waals surface area (Å²) in [5, 5.41) is 3.82. The zero-order valence-corrected chi connectivity index (χ0v) is 14.3. The molecule has 2 nitrogen and oxygen atoms in total. The van der Waals surface area contributed by atoms with Crippen LogP contribution < -0.4 is 5.32 Å². The third kappa shape index (κ3) is 4.16. The Morgan fingerprint density at radius 2 is 1.46 bits per heavy atom. The minimum absolute atomic E-state index is 0.0964. The van der Waals surface area contributed by atoms with Gasteiger partial charge in [-0.2, -0.15) is 0 Å². The lowest BCUT2D eigenvalue weighted by molar-refractivity contribution is -0.115. The number of hydrogen-bond donors (Lipinski definition) is 1. The van der Waals surface area contributed by atoms with E-state index in [1.165, 1.54) is 0 Å². The van der Waals surface area contributed by atoms with Gasteiger partial charge in [0.15, 0.2) is 0 Å². The highest BCUT2D eigenvalue weighted by molar-refractivity contribution is 6.42. The molecule has 0 radical (unpaired) electrons. The first kappa shape index (κ1) is 16.6. The van der Waals surface area contributed by atoms with Crippen LogP contribution in [-0.2, 0) is 11.2 Å². The van der Waals surface area contributed by atoms with Crippen LogP contribution >= 0.6 is 23.2 Å².